The van der Waals surface area contributed by atoms with Crippen LogP contribution < -0.4 is 14.7 Å². The summed E-state index contributed by atoms with van der Waals surface area (Å²) in [6.45, 7) is 10.2. The highest BCUT2D eigenvalue weighted by molar-refractivity contribution is 5.90. The van der Waals surface area contributed by atoms with Gasteiger partial charge in [-0.1, -0.05) is 24.3 Å². The summed E-state index contributed by atoms with van der Waals surface area (Å²) in [6, 6.07) is 25.3. The van der Waals surface area contributed by atoms with Crippen molar-refractivity contribution in [3.63, 3.8) is 0 Å². The second kappa shape index (κ2) is 10.6. The molecule has 2 atom stereocenters. The van der Waals surface area contributed by atoms with Gasteiger partial charge in [0.1, 0.15) is 0 Å². The van der Waals surface area contributed by atoms with Crippen molar-refractivity contribution in [2.75, 3.05) is 61.1 Å². The molecule has 6 nitrogen and oxygen atoms in total. The number of methoxy groups -OCH3 is 1. The van der Waals surface area contributed by atoms with E-state index in [1.54, 1.807) is 0 Å². The number of piperazine rings is 1. The predicted molar refractivity (Wildman–Crippen MR) is 146 cm³/mol. The molecule has 0 N–H and O–H groups in total. The third-order valence-electron chi connectivity index (χ3n) is 7.15. The smallest absolute Gasteiger partial charge is 0.337 e. The average molecular weight is 486 g/mol. The lowest BCUT2D eigenvalue weighted by atomic mass is 10.0. The summed E-state index contributed by atoms with van der Waals surface area (Å²) in [5.74, 6) is -0.312. The van der Waals surface area contributed by atoms with Crippen LogP contribution in [0.1, 0.15) is 24.2 Å². The van der Waals surface area contributed by atoms with Crippen molar-refractivity contribution >= 4 is 23.0 Å². The highest BCUT2D eigenvalue weighted by Crippen LogP contribution is 2.27. The maximum absolute atomic E-state index is 11.7. The number of carbonyl (C=O) groups excluding carboxylic acids is 1. The lowest BCUT2D eigenvalue weighted by Gasteiger charge is -2.38. The van der Waals surface area contributed by atoms with Crippen molar-refractivity contribution in [1.29, 1.82) is 0 Å². The molecule has 3 aromatic carbocycles. The first-order chi connectivity index (χ1) is 17.5. The quantitative estimate of drug-likeness (QED) is 0.470. The zero-order valence-electron chi connectivity index (χ0n) is 21.4. The molecule has 0 unspecified atom stereocenters. The first kappa shape index (κ1) is 24.2. The van der Waals surface area contributed by atoms with Crippen molar-refractivity contribution in [1.82, 2.24) is 0 Å². The molecule has 188 valence electrons. The highest BCUT2D eigenvalue weighted by Gasteiger charge is 2.23. The van der Waals surface area contributed by atoms with Gasteiger partial charge in [-0.2, -0.15) is 0 Å². The van der Waals surface area contributed by atoms with E-state index < -0.39 is 0 Å². The average Bonchev–Trinajstić information content (AvgIpc) is 2.92. The van der Waals surface area contributed by atoms with Crippen LogP contribution in [0.2, 0.25) is 0 Å². The van der Waals surface area contributed by atoms with Gasteiger partial charge in [-0.3, -0.25) is 0 Å². The van der Waals surface area contributed by atoms with E-state index in [1.807, 2.05) is 24.3 Å². The molecule has 2 aliphatic rings. The van der Waals surface area contributed by atoms with Crippen LogP contribution in [0, 0.1) is 0 Å². The van der Waals surface area contributed by atoms with Crippen LogP contribution in [-0.2, 0) is 9.47 Å². The number of hydrogen-bond donors (Lipinski definition) is 0. The van der Waals surface area contributed by atoms with Crippen LogP contribution in [0.3, 0.4) is 0 Å². The minimum absolute atomic E-state index is 0.266. The molecule has 6 heteroatoms. The number of esters is 1. The van der Waals surface area contributed by atoms with Gasteiger partial charge in [0.2, 0.25) is 0 Å². The van der Waals surface area contributed by atoms with Crippen LogP contribution in [0.4, 0.5) is 17.1 Å². The Morgan fingerprint density at radius 3 is 1.50 bits per heavy atom. The van der Waals surface area contributed by atoms with Crippen molar-refractivity contribution in [3.05, 3.63) is 78.4 Å². The molecule has 0 aliphatic carbocycles. The van der Waals surface area contributed by atoms with Crippen LogP contribution in [-0.4, -0.2) is 64.6 Å². The third kappa shape index (κ3) is 5.34. The monoisotopic (exact) mass is 485 g/mol. The second-order valence-corrected chi connectivity index (χ2v) is 9.77. The standard InChI is InChI=1S/C30H35N3O3/c1-22-20-33(21-23(2)36-22)29-14-12-28(13-15-29)32-18-16-31(17-19-32)27-10-8-25(9-11-27)24-4-6-26(7-5-24)30(34)35-3/h4-15,22-23H,16-21H2,1-3H3/t22-,23+. The van der Waals surface area contributed by atoms with Crippen LogP contribution >= 0.6 is 0 Å². The number of hydrogen-bond acceptors (Lipinski definition) is 6. The highest BCUT2D eigenvalue weighted by atomic mass is 16.5. The van der Waals surface area contributed by atoms with Gasteiger partial charge in [0, 0.05) is 56.3 Å². The molecule has 3 aromatic rings. The van der Waals surface area contributed by atoms with Gasteiger partial charge >= 0.3 is 5.97 Å². The molecule has 2 aliphatic heterocycles. The summed E-state index contributed by atoms with van der Waals surface area (Å²) in [5, 5.41) is 0. The van der Waals surface area contributed by atoms with Crippen molar-refractivity contribution in [2.45, 2.75) is 26.1 Å². The molecular weight excluding hydrogens is 450 g/mol. The number of anilines is 3. The fourth-order valence-corrected chi connectivity index (χ4v) is 5.27. The summed E-state index contributed by atoms with van der Waals surface area (Å²) in [6.07, 6.45) is 0.533. The Morgan fingerprint density at radius 1 is 0.667 bits per heavy atom. The Kier molecular flexibility index (Phi) is 7.14. The molecule has 0 amide bonds. The van der Waals surface area contributed by atoms with Crippen LogP contribution in [0.15, 0.2) is 72.8 Å². The molecule has 5 rings (SSSR count). The van der Waals surface area contributed by atoms with E-state index in [1.165, 1.54) is 24.2 Å². The molecule has 2 heterocycles. The van der Waals surface area contributed by atoms with Gasteiger partial charge in [-0.25, -0.2) is 4.79 Å². The fraction of sp³-hybridized carbons (Fsp3) is 0.367. The van der Waals surface area contributed by atoms with Gasteiger partial charge in [0.15, 0.2) is 0 Å². The lowest BCUT2D eigenvalue weighted by molar-refractivity contribution is -0.00521. The number of ether oxygens (including phenoxy) is 2. The van der Waals surface area contributed by atoms with Gasteiger partial charge in [0.25, 0.3) is 0 Å². The summed E-state index contributed by atoms with van der Waals surface area (Å²) < 4.78 is 10.7. The van der Waals surface area contributed by atoms with E-state index in [-0.39, 0.29) is 18.2 Å². The largest absolute Gasteiger partial charge is 0.465 e. The summed E-state index contributed by atoms with van der Waals surface area (Å²) in [5.41, 5.74) is 6.60. The van der Waals surface area contributed by atoms with E-state index >= 15 is 0 Å². The molecular formula is C30H35N3O3. The second-order valence-electron chi connectivity index (χ2n) is 9.77. The lowest BCUT2D eigenvalue weighted by Crippen LogP contribution is -2.46. The zero-order chi connectivity index (χ0) is 25.1. The van der Waals surface area contributed by atoms with E-state index in [4.69, 9.17) is 9.47 Å². The van der Waals surface area contributed by atoms with Crippen molar-refractivity contribution < 1.29 is 14.3 Å². The van der Waals surface area contributed by atoms with Gasteiger partial charge in [-0.15, -0.1) is 0 Å². The van der Waals surface area contributed by atoms with E-state index in [2.05, 4.69) is 77.1 Å². The molecule has 36 heavy (non-hydrogen) atoms. The molecule has 0 aromatic heterocycles. The van der Waals surface area contributed by atoms with Gasteiger partial charge < -0.3 is 24.2 Å². The first-order valence-corrected chi connectivity index (χ1v) is 12.8. The number of nitrogens with zero attached hydrogens (tertiary/aromatic N) is 3. The first-order valence-electron chi connectivity index (χ1n) is 12.8. The van der Waals surface area contributed by atoms with Crippen LogP contribution in [0.25, 0.3) is 11.1 Å². The number of carbonyl (C=O) groups is 1. The topological polar surface area (TPSA) is 45.2 Å². The fourth-order valence-electron chi connectivity index (χ4n) is 5.27. The molecule has 2 saturated heterocycles. The van der Waals surface area contributed by atoms with Gasteiger partial charge in [0.05, 0.1) is 24.9 Å². The minimum Gasteiger partial charge on any atom is -0.465 e. The summed E-state index contributed by atoms with van der Waals surface area (Å²) in [7, 11) is 1.40. The Balaban J connectivity index is 1.17. The zero-order valence-corrected chi connectivity index (χ0v) is 21.4. The van der Waals surface area contributed by atoms with E-state index in [9.17, 15) is 4.79 Å². The van der Waals surface area contributed by atoms with E-state index in [0.717, 1.165) is 50.4 Å². The third-order valence-corrected chi connectivity index (χ3v) is 7.15. The van der Waals surface area contributed by atoms with E-state index in [0.29, 0.717) is 5.56 Å². The maximum atomic E-state index is 11.7. The normalized spacial score (nSPS) is 20.4. The Hall–Kier alpha value is -3.51. The molecule has 0 spiro atoms. The molecule has 0 saturated carbocycles. The molecule has 0 radical (unpaired) electrons. The molecule has 2 fully saturated rings. The molecule has 0 bridgehead atoms. The summed E-state index contributed by atoms with van der Waals surface area (Å²) >= 11 is 0. The van der Waals surface area contributed by atoms with Gasteiger partial charge in [-0.05, 0) is 73.5 Å². The minimum atomic E-state index is -0.312. The summed E-state index contributed by atoms with van der Waals surface area (Å²) in [4.78, 5) is 19.0. The Labute approximate surface area is 214 Å². The van der Waals surface area contributed by atoms with Crippen LogP contribution in [0.5, 0.6) is 0 Å². The maximum Gasteiger partial charge on any atom is 0.337 e. The van der Waals surface area contributed by atoms with Crippen molar-refractivity contribution in [2.24, 2.45) is 0 Å². The SMILES string of the molecule is COC(=O)c1ccc(-c2ccc(N3CCN(c4ccc(N5C[C@@H](C)O[C@@H](C)C5)cc4)CC3)cc2)cc1. The Bertz CT molecular complexity index is 1140. The van der Waals surface area contributed by atoms with Crippen molar-refractivity contribution in [3.8, 4) is 11.1 Å². The predicted octanol–water partition coefficient (Wildman–Crippen LogP) is 5.08. The number of rotatable bonds is 5. The Morgan fingerprint density at radius 2 is 1.06 bits per heavy atom. The number of benzene rings is 3. The number of morpholine rings is 1.